The highest BCUT2D eigenvalue weighted by atomic mass is 15.1. The van der Waals surface area contributed by atoms with Crippen molar-refractivity contribution < 1.29 is 0 Å². The number of rotatable bonds is 3. The van der Waals surface area contributed by atoms with Crippen molar-refractivity contribution in [3.63, 3.8) is 0 Å². The first-order valence-corrected chi connectivity index (χ1v) is 5.98. The normalized spacial score (nSPS) is 17.3. The van der Waals surface area contributed by atoms with Gasteiger partial charge in [0.15, 0.2) is 0 Å². The topological polar surface area (TPSA) is 29.3 Å². The molecular weight excluding hydrogens is 196 g/mol. The van der Waals surface area contributed by atoms with E-state index < -0.39 is 0 Å². The predicted octanol–water partition coefficient (Wildman–Crippen LogP) is 2.40. The highest BCUT2D eigenvalue weighted by Gasteiger charge is 2.38. The van der Waals surface area contributed by atoms with Gasteiger partial charge in [0.2, 0.25) is 0 Å². The third-order valence-corrected chi connectivity index (χ3v) is 3.63. The Kier molecular flexibility index (Phi) is 2.70. The summed E-state index contributed by atoms with van der Waals surface area (Å²) in [6.07, 6.45) is 3.38. The minimum absolute atomic E-state index is 0.102. The van der Waals surface area contributed by atoms with Gasteiger partial charge in [-0.1, -0.05) is 6.07 Å². The molecule has 1 fully saturated rings. The van der Waals surface area contributed by atoms with Gasteiger partial charge >= 0.3 is 0 Å². The molecule has 0 aliphatic heterocycles. The Morgan fingerprint density at radius 3 is 2.38 bits per heavy atom. The lowest BCUT2D eigenvalue weighted by atomic mass is 9.98. The zero-order valence-corrected chi connectivity index (χ0v) is 10.8. The van der Waals surface area contributed by atoms with Crippen molar-refractivity contribution in [2.75, 3.05) is 19.0 Å². The van der Waals surface area contributed by atoms with E-state index >= 15 is 0 Å². The van der Waals surface area contributed by atoms with Crippen LogP contribution < -0.4 is 10.6 Å². The van der Waals surface area contributed by atoms with E-state index in [1.54, 1.807) is 0 Å². The SMILES string of the molecule is Cc1cc(CC2(N)CC2)cc(N(C)C)c1C. The van der Waals surface area contributed by atoms with Crippen LogP contribution in [0.3, 0.4) is 0 Å². The van der Waals surface area contributed by atoms with E-state index in [1.807, 2.05) is 0 Å². The van der Waals surface area contributed by atoms with Crippen molar-refractivity contribution in [2.45, 2.75) is 38.6 Å². The Labute approximate surface area is 98.4 Å². The van der Waals surface area contributed by atoms with Crippen LogP contribution in [0.15, 0.2) is 12.1 Å². The minimum atomic E-state index is 0.102. The molecule has 0 atom stereocenters. The van der Waals surface area contributed by atoms with Crippen LogP contribution in [0.2, 0.25) is 0 Å². The van der Waals surface area contributed by atoms with Crippen LogP contribution in [0.4, 0.5) is 5.69 Å². The van der Waals surface area contributed by atoms with Gasteiger partial charge < -0.3 is 10.6 Å². The molecule has 2 N–H and O–H groups in total. The van der Waals surface area contributed by atoms with Crippen molar-refractivity contribution in [1.82, 2.24) is 0 Å². The molecule has 88 valence electrons. The molecule has 16 heavy (non-hydrogen) atoms. The van der Waals surface area contributed by atoms with E-state index in [4.69, 9.17) is 5.73 Å². The van der Waals surface area contributed by atoms with Gasteiger partial charge in [0, 0.05) is 25.3 Å². The molecular formula is C14H22N2. The average Bonchev–Trinajstić information content (AvgIpc) is 2.89. The Bertz CT molecular complexity index is 403. The molecule has 1 aliphatic carbocycles. The Balaban J connectivity index is 2.32. The Morgan fingerprint density at radius 2 is 1.88 bits per heavy atom. The minimum Gasteiger partial charge on any atom is -0.377 e. The molecule has 0 unspecified atom stereocenters. The first-order chi connectivity index (χ1) is 7.41. The number of benzene rings is 1. The molecule has 1 aliphatic rings. The van der Waals surface area contributed by atoms with Crippen LogP contribution in [-0.2, 0) is 6.42 Å². The summed E-state index contributed by atoms with van der Waals surface area (Å²) in [6.45, 7) is 4.37. The summed E-state index contributed by atoms with van der Waals surface area (Å²) >= 11 is 0. The Morgan fingerprint density at radius 1 is 1.25 bits per heavy atom. The summed E-state index contributed by atoms with van der Waals surface area (Å²) in [5.74, 6) is 0. The lowest BCUT2D eigenvalue weighted by molar-refractivity contribution is 0.671. The average molecular weight is 218 g/mol. The van der Waals surface area contributed by atoms with Crippen LogP contribution in [0.1, 0.15) is 29.5 Å². The zero-order valence-electron chi connectivity index (χ0n) is 10.8. The summed E-state index contributed by atoms with van der Waals surface area (Å²) in [5.41, 5.74) is 11.7. The van der Waals surface area contributed by atoms with E-state index in [1.165, 1.54) is 35.2 Å². The van der Waals surface area contributed by atoms with Gasteiger partial charge in [0.1, 0.15) is 0 Å². The van der Waals surface area contributed by atoms with Crippen LogP contribution in [0, 0.1) is 13.8 Å². The van der Waals surface area contributed by atoms with E-state index in [0.29, 0.717) is 0 Å². The highest BCUT2D eigenvalue weighted by molar-refractivity contribution is 5.57. The molecule has 2 rings (SSSR count). The lowest BCUT2D eigenvalue weighted by Crippen LogP contribution is -2.24. The number of hydrogen-bond donors (Lipinski definition) is 1. The lowest BCUT2D eigenvalue weighted by Gasteiger charge is -2.20. The van der Waals surface area contributed by atoms with E-state index in [9.17, 15) is 0 Å². The quantitative estimate of drug-likeness (QED) is 0.844. The van der Waals surface area contributed by atoms with Gasteiger partial charge in [-0.15, -0.1) is 0 Å². The first kappa shape index (κ1) is 11.5. The summed E-state index contributed by atoms with van der Waals surface area (Å²) in [6, 6.07) is 4.57. The monoisotopic (exact) mass is 218 g/mol. The number of hydrogen-bond acceptors (Lipinski definition) is 2. The molecule has 1 aromatic carbocycles. The van der Waals surface area contributed by atoms with E-state index in [2.05, 4.69) is 45.0 Å². The molecule has 0 radical (unpaired) electrons. The fraction of sp³-hybridized carbons (Fsp3) is 0.571. The molecule has 2 heteroatoms. The smallest absolute Gasteiger partial charge is 0.0396 e. The van der Waals surface area contributed by atoms with Crippen LogP contribution in [-0.4, -0.2) is 19.6 Å². The van der Waals surface area contributed by atoms with Crippen LogP contribution >= 0.6 is 0 Å². The van der Waals surface area contributed by atoms with Gasteiger partial charge in [-0.2, -0.15) is 0 Å². The molecule has 0 aromatic heterocycles. The fourth-order valence-corrected chi connectivity index (χ4v) is 2.22. The summed E-state index contributed by atoms with van der Waals surface area (Å²) < 4.78 is 0. The number of anilines is 1. The number of aryl methyl sites for hydroxylation is 1. The third-order valence-electron chi connectivity index (χ3n) is 3.63. The summed E-state index contributed by atoms with van der Waals surface area (Å²) in [4.78, 5) is 2.18. The highest BCUT2D eigenvalue weighted by Crippen LogP contribution is 2.36. The predicted molar refractivity (Wildman–Crippen MR) is 70.1 cm³/mol. The fourth-order valence-electron chi connectivity index (χ4n) is 2.22. The molecule has 1 saturated carbocycles. The first-order valence-electron chi connectivity index (χ1n) is 5.98. The molecule has 0 amide bonds. The van der Waals surface area contributed by atoms with Crippen LogP contribution in [0.5, 0.6) is 0 Å². The van der Waals surface area contributed by atoms with Crippen molar-refractivity contribution >= 4 is 5.69 Å². The molecule has 1 aromatic rings. The van der Waals surface area contributed by atoms with Gasteiger partial charge in [0.25, 0.3) is 0 Å². The van der Waals surface area contributed by atoms with Crippen molar-refractivity contribution in [3.8, 4) is 0 Å². The molecule has 0 spiro atoms. The summed E-state index contributed by atoms with van der Waals surface area (Å²) in [5, 5.41) is 0. The second-order valence-corrected chi connectivity index (χ2v) is 5.49. The standard InChI is InChI=1S/C14H22N2/c1-10-7-12(9-14(15)5-6-14)8-13(11(10)2)16(3)4/h7-8H,5-6,9,15H2,1-4H3. The maximum absolute atomic E-state index is 6.18. The van der Waals surface area contributed by atoms with Gasteiger partial charge in [-0.05, 0) is 55.9 Å². The second-order valence-electron chi connectivity index (χ2n) is 5.49. The van der Waals surface area contributed by atoms with Crippen molar-refractivity contribution in [1.29, 1.82) is 0 Å². The molecule has 0 saturated heterocycles. The second kappa shape index (κ2) is 3.77. The largest absolute Gasteiger partial charge is 0.377 e. The molecule has 0 bridgehead atoms. The number of nitrogens with two attached hydrogens (primary N) is 1. The third kappa shape index (κ3) is 2.22. The van der Waals surface area contributed by atoms with Crippen molar-refractivity contribution in [2.24, 2.45) is 5.73 Å². The van der Waals surface area contributed by atoms with Crippen LogP contribution in [0.25, 0.3) is 0 Å². The van der Waals surface area contributed by atoms with E-state index in [0.717, 1.165) is 6.42 Å². The van der Waals surface area contributed by atoms with E-state index in [-0.39, 0.29) is 5.54 Å². The zero-order chi connectivity index (χ0) is 11.9. The summed E-state index contributed by atoms with van der Waals surface area (Å²) in [7, 11) is 4.20. The maximum atomic E-state index is 6.18. The van der Waals surface area contributed by atoms with Crippen molar-refractivity contribution in [3.05, 3.63) is 28.8 Å². The molecule has 0 heterocycles. The number of nitrogens with zero attached hydrogens (tertiary/aromatic N) is 1. The Hall–Kier alpha value is -1.02. The van der Waals surface area contributed by atoms with Gasteiger partial charge in [0.05, 0.1) is 0 Å². The molecule has 2 nitrogen and oxygen atoms in total. The van der Waals surface area contributed by atoms with Gasteiger partial charge in [-0.25, -0.2) is 0 Å². The van der Waals surface area contributed by atoms with Gasteiger partial charge in [-0.3, -0.25) is 0 Å². The maximum Gasteiger partial charge on any atom is 0.0396 e.